The van der Waals surface area contributed by atoms with E-state index < -0.39 is 0 Å². The molecular formula is C14H17N5O2. The van der Waals surface area contributed by atoms with Gasteiger partial charge in [0.05, 0.1) is 25.5 Å². The highest BCUT2D eigenvalue weighted by atomic mass is 16.5. The molecule has 2 amide bonds. The Morgan fingerprint density at radius 3 is 2.95 bits per heavy atom. The first kappa shape index (κ1) is 13.4. The number of ether oxygens (including phenoxy) is 1. The summed E-state index contributed by atoms with van der Waals surface area (Å²) in [4.78, 5) is 15.7. The van der Waals surface area contributed by atoms with Crippen molar-refractivity contribution in [1.29, 1.82) is 0 Å². The molecule has 0 saturated carbocycles. The molecule has 0 spiro atoms. The van der Waals surface area contributed by atoms with Gasteiger partial charge in [0.15, 0.2) is 0 Å². The maximum absolute atomic E-state index is 12.3. The van der Waals surface area contributed by atoms with Crippen LogP contribution >= 0.6 is 0 Å². The summed E-state index contributed by atoms with van der Waals surface area (Å²) in [6.07, 6.45) is 4.16. The second kappa shape index (κ2) is 5.82. The molecule has 1 unspecified atom stereocenters. The van der Waals surface area contributed by atoms with Gasteiger partial charge in [0.25, 0.3) is 0 Å². The SMILES string of the molecule is COc1cccc(NC(=O)N2CCC(n3nccn3)C2)c1. The number of benzene rings is 1. The maximum Gasteiger partial charge on any atom is 0.321 e. The number of nitrogens with zero attached hydrogens (tertiary/aromatic N) is 4. The second-order valence-corrected chi connectivity index (χ2v) is 4.90. The number of hydrogen-bond donors (Lipinski definition) is 1. The summed E-state index contributed by atoms with van der Waals surface area (Å²) in [5.41, 5.74) is 0.722. The van der Waals surface area contributed by atoms with Gasteiger partial charge in [0.2, 0.25) is 0 Å². The molecule has 110 valence electrons. The molecule has 0 aliphatic carbocycles. The maximum atomic E-state index is 12.3. The Hall–Kier alpha value is -2.57. The molecule has 3 rings (SSSR count). The van der Waals surface area contributed by atoms with Gasteiger partial charge in [0.1, 0.15) is 5.75 Å². The molecule has 1 N–H and O–H groups in total. The van der Waals surface area contributed by atoms with Crippen LogP contribution in [0.25, 0.3) is 0 Å². The molecule has 1 aromatic carbocycles. The number of urea groups is 1. The molecule has 0 bridgehead atoms. The standard InChI is InChI=1S/C14H17N5O2/c1-21-13-4-2-3-11(9-13)17-14(20)18-8-5-12(10-18)19-15-6-7-16-19/h2-4,6-7,9,12H,5,8,10H2,1H3,(H,17,20). The zero-order chi connectivity index (χ0) is 14.7. The molecular weight excluding hydrogens is 270 g/mol. The summed E-state index contributed by atoms with van der Waals surface area (Å²) in [6, 6.07) is 7.34. The lowest BCUT2D eigenvalue weighted by molar-refractivity contribution is 0.220. The van der Waals surface area contributed by atoms with E-state index in [0.29, 0.717) is 18.8 Å². The average Bonchev–Trinajstić information content (AvgIpc) is 3.18. The van der Waals surface area contributed by atoms with Crippen LogP contribution in [0.15, 0.2) is 36.7 Å². The number of likely N-dealkylation sites (tertiary alicyclic amines) is 1. The second-order valence-electron chi connectivity index (χ2n) is 4.90. The molecule has 2 aromatic rings. The van der Waals surface area contributed by atoms with Crippen molar-refractivity contribution in [2.24, 2.45) is 0 Å². The zero-order valence-electron chi connectivity index (χ0n) is 11.8. The lowest BCUT2D eigenvalue weighted by atomic mass is 10.3. The third kappa shape index (κ3) is 2.96. The number of methoxy groups -OCH3 is 1. The topological polar surface area (TPSA) is 72.3 Å². The number of anilines is 1. The molecule has 1 saturated heterocycles. The minimum absolute atomic E-state index is 0.113. The molecule has 7 nitrogen and oxygen atoms in total. The highest BCUT2D eigenvalue weighted by Crippen LogP contribution is 2.22. The summed E-state index contributed by atoms with van der Waals surface area (Å²) in [7, 11) is 1.60. The Morgan fingerprint density at radius 2 is 2.19 bits per heavy atom. The molecule has 1 fully saturated rings. The lowest BCUT2D eigenvalue weighted by Crippen LogP contribution is -2.33. The number of nitrogens with one attached hydrogen (secondary N) is 1. The van der Waals surface area contributed by atoms with Crippen molar-refractivity contribution in [3.05, 3.63) is 36.7 Å². The van der Waals surface area contributed by atoms with Crippen molar-refractivity contribution in [3.8, 4) is 5.75 Å². The molecule has 1 aliphatic heterocycles. The summed E-state index contributed by atoms with van der Waals surface area (Å²) in [6.45, 7) is 1.31. The van der Waals surface area contributed by atoms with Crippen LogP contribution in [0.3, 0.4) is 0 Å². The Bertz CT molecular complexity index is 614. The van der Waals surface area contributed by atoms with Crippen molar-refractivity contribution in [1.82, 2.24) is 19.9 Å². The van der Waals surface area contributed by atoms with Gasteiger partial charge in [-0.05, 0) is 18.6 Å². The molecule has 7 heteroatoms. The number of aromatic nitrogens is 3. The van der Waals surface area contributed by atoms with Gasteiger partial charge in [-0.15, -0.1) is 0 Å². The predicted octanol–water partition coefficient (Wildman–Crippen LogP) is 1.77. The monoisotopic (exact) mass is 287 g/mol. The third-order valence-corrected chi connectivity index (χ3v) is 3.53. The van der Waals surface area contributed by atoms with Crippen molar-refractivity contribution < 1.29 is 9.53 Å². The first-order valence-corrected chi connectivity index (χ1v) is 6.82. The van der Waals surface area contributed by atoms with Crippen LogP contribution in [0.2, 0.25) is 0 Å². The number of hydrogen-bond acceptors (Lipinski definition) is 4. The van der Waals surface area contributed by atoms with Gasteiger partial charge in [0, 0.05) is 24.8 Å². The first-order valence-electron chi connectivity index (χ1n) is 6.82. The fraction of sp³-hybridized carbons (Fsp3) is 0.357. The van der Waals surface area contributed by atoms with Crippen LogP contribution in [-0.4, -0.2) is 46.1 Å². The molecule has 0 radical (unpaired) electrons. The van der Waals surface area contributed by atoms with E-state index in [1.165, 1.54) is 0 Å². The van der Waals surface area contributed by atoms with Gasteiger partial charge in [-0.1, -0.05) is 6.07 Å². The summed E-state index contributed by atoms with van der Waals surface area (Å²) >= 11 is 0. The van der Waals surface area contributed by atoms with E-state index in [2.05, 4.69) is 15.5 Å². The number of carbonyl (C=O) groups is 1. The molecule has 2 heterocycles. The molecule has 21 heavy (non-hydrogen) atoms. The summed E-state index contributed by atoms with van der Waals surface area (Å²) in [5.74, 6) is 0.716. The minimum Gasteiger partial charge on any atom is -0.497 e. The van der Waals surface area contributed by atoms with Gasteiger partial charge >= 0.3 is 6.03 Å². The quantitative estimate of drug-likeness (QED) is 0.933. The largest absolute Gasteiger partial charge is 0.497 e. The van der Waals surface area contributed by atoms with Crippen molar-refractivity contribution in [2.75, 3.05) is 25.5 Å². The van der Waals surface area contributed by atoms with Gasteiger partial charge < -0.3 is 15.0 Å². The van der Waals surface area contributed by atoms with Crippen molar-refractivity contribution in [2.45, 2.75) is 12.5 Å². The third-order valence-electron chi connectivity index (χ3n) is 3.53. The van der Waals surface area contributed by atoms with Crippen LogP contribution in [0, 0.1) is 0 Å². The fourth-order valence-electron chi connectivity index (χ4n) is 2.43. The van der Waals surface area contributed by atoms with Crippen LogP contribution < -0.4 is 10.1 Å². The molecule has 1 aromatic heterocycles. The minimum atomic E-state index is -0.113. The zero-order valence-corrected chi connectivity index (χ0v) is 11.8. The summed E-state index contributed by atoms with van der Waals surface area (Å²) in [5, 5.41) is 11.1. The van der Waals surface area contributed by atoms with E-state index in [1.807, 2.05) is 18.2 Å². The van der Waals surface area contributed by atoms with Crippen LogP contribution in [0.1, 0.15) is 12.5 Å². The molecule has 1 aliphatic rings. The van der Waals surface area contributed by atoms with Gasteiger partial charge in [-0.25, -0.2) is 4.79 Å². The molecule has 1 atom stereocenters. The average molecular weight is 287 g/mol. The van der Waals surface area contributed by atoms with E-state index in [9.17, 15) is 4.79 Å². The Labute approximate surface area is 122 Å². The van der Waals surface area contributed by atoms with Crippen molar-refractivity contribution in [3.63, 3.8) is 0 Å². The normalized spacial score (nSPS) is 17.8. The number of rotatable bonds is 3. The van der Waals surface area contributed by atoms with Crippen LogP contribution in [0.5, 0.6) is 5.75 Å². The highest BCUT2D eigenvalue weighted by Gasteiger charge is 2.28. The van der Waals surface area contributed by atoms with Crippen molar-refractivity contribution >= 4 is 11.7 Å². The lowest BCUT2D eigenvalue weighted by Gasteiger charge is -2.17. The highest BCUT2D eigenvalue weighted by molar-refractivity contribution is 5.89. The predicted molar refractivity (Wildman–Crippen MR) is 77.3 cm³/mol. The van der Waals surface area contributed by atoms with E-state index >= 15 is 0 Å². The summed E-state index contributed by atoms with van der Waals surface area (Å²) < 4.78 is 5.14. The first-order chi connectivity index (χ1) is 10.3. The van der Waals surface area contributed by atoms with E-state index in [1.54, 1.807) is 35.3 Å². The Kier molecular flexibility index (Phi) is 3.72. The van der Waals surface area contributed by atoms with Crippen LogP contribution in [-0.2, 0) is 0 Å². The fourth-order valence-corrected chi connectivity index (χ4v) is 2.43. The van der Waals surface area contributed by atoms with Gasteiger partial charge in [-0.3, -0.25) is 0 Å². The van der Waals surface area contributed by atoms with Gasteiger partial charge in [-0.2, -0.15) is 15.0 Å². The number of carbonyl (C=O) groups excluding carboxylic acids is 1. The Balaban J connectivity index is 1.61. The number of amides is 2. The van der Waals surface area contributed by atoms with E-state index in [-0.39, 0.29) is 12.1 Å². The smallest absolute Gasteiger partial charge is 0.321 e. The Morgan fingerprint density at radius 1 is 1.38 bits per heavy atom. The van der Waals surface area contributed by atoms with Crippen LogP contribution in [0.4, 0.5) is 10.5 Å². The van der Waals surface area contributed by atoms with E-state index in [0.717, 1.165) is 12.1 Å². The van der Waals surface area contributed by atoms with E-state index in [4.69, 9.17) is 4.74 Å².